The first kappa shape index (κ1) is 12.0. The Kier molecular flexibility index (Phi) is 3.81. The van der Waals surface area contributed by atoms with Crippen molar-refractivity contribution in [3.05, 3.63) is 30.3 Å². The van der Waals surface area contributed by atoms with Crippen LogP contribution < -0.4 is 4.90 Å². The van der Waals surface area contributed by atoms with E-state index in [-0.39, 0.29) is 0 Å². The van der Waals surface area contributed by atoms with E-state index >= 15 is 0 Å². The molecule has 0 bridgehead atoms. The van der Waals surface area contributed by atoms with E-state index in [9.17, 15) is 0 Å². The number of ether oxygens (including phenoxy) is 1. The molecule has 1 aromatic carbocycles. The van der Waals surface area contributed by atoms with Crippen molar-refractivity contribution in [2.75, 3.05) is 37.7 Å². The van der Waals surface area contributed by atoms with Crippen LogP contribution in [0.2, 0.25) is 0 Å². The first-order chi connectivity index (χ1) is 8.93. The number of piperazine rings is 1. The molecule has 2 aliphatic rings. The maximum atomic E-state index is 5.87. The largest absolute Gasteiger partial charge is 0.369 e. The molecule has 98 valence electrons. The molecular weight excluding hydrogens is 224 g/mol. The van der Waals surface area contributed by atoms with Gasteiger partial charge in [0, 0.05) is 38.5 Å². The van der Waals surface area contributed by atoms with Crippen molar-refractivity contribution in [3.63, 3.8) is 0 Å². The van der Waals surface area contributed by atoms with E-state index in [1.165, 1.54) is 24.9 Å². The molecule has 0 amide bonds. The third-order valence-corrected chi connectivity index (χ3v) is 4.00. The van der Waals surface area contributed by atoms with Crippen molar-refractivity contribution in [1.82, 2.24) is 4.90 Å². The van der Waals surface area contributed by atoms with Crippen LogP contribution in [0.15, 0.2) is 30.3 Å². The van der Waals surface area contributed by atoms with Crippen LogP contribution in [0, 0.1) is 0 Å². The summed E-state index contributed by atoms with van der Waals surface area (Å²) in [6.45, 7) is 5.43. The quantitative estimate of drug-likeness (QED) is 0.796. The molecule has 1 unspecified atom stereocenters. The lowest BCUT2D eigenvalue weighted by Crippen LogP contribution is -2.51. The van der Waals surface area contributed by atoms with Crippen LogP contribution in [0.4, 0.5) is 5.69 Å². The van der Waals surface area contributed by atoms with Crippen molar-refractivity contribution >= 4 is 5.69 Å². The Labute approximate surface area is 109 Å². The van der Waals surface area contributed by atoms with E-state index in [2.05, 4.69) is 40.1 Å². The van der Waals surface area contributed by atoms with Gasteiger partial charge >= 0.3 is 0 Å². The van der Waals surface area contributed by atoms with Gasteiger partial charge in [0.25, 0.3) is 0 Å². The zero-order valence-electron chi connectivity index (χ0n) is 10.9. The lowest BCUT2D eigenvalue weighted by atomic mass is 10.1. The maximum absolute atomic E-state index is 5.87. The summed E-state index contributed by atoms with van der Waals surface area (Å²) in [7, 11) is 0. The summed E-state index contributed by atoms with van der Waals surface area (Å²) >= 11 is 0. The molecule has 0 spiro atoms. The lowest BCUT2D eigenvalue weighted by Gasteiger charge is -2.41. The molecule has 2 saturated heterocycles. The minimum absolute atomic E-state index is 0.386. The number of anilines is 1. The molecule has 0 aliphatic carbocycles. The summed E-state index contributed by atoms with van der Waals surface area (Å²) < 4.78 is 5.87. The van der Waals surface area contributed by atoms with Crippen molar-refractivity contribution in [2.24, 2.45) is 0 Å². The fourth-order valence-electron chi connectivity index (χ4n) is 2.92. The van der Waals surface area contributed by atoms with Crippen LogP contribution in [0.3, 0.4) is 0 Å². The van der Waals surface area contributed by atoms with Gasteiger partial charge in [0.05, 0.1) is 0 Å². The first-order valence-electron chi connectivity index (χ1n) is 7.09. The molecule has 2 fully saturated rings. The summed E-state index contributed by atoms with van der Waals surface area (Å²) in [5.41, 5.74) is 1.35. The summed E-state index contributed by atoms with van der Waals surface area (Å²) in [6, 6.07) is 10.7. The van der Waals surface area contributed by atoms with Gasteiger partial charge in [0.15, 0.2) is 0 Å². The summed E-state index contributed by atoms with van der Waals surface area (Å²) in [4.78, 5) is 4.98. The second kappa shape index (κ2) is 5.72. The highest BCUT2D eigenvalue weighted by molar-refractivity contribution is 5.46. The standard InChI is InChI=1S/C15H22N2O/c1-2-6-14(7-3-1)16-9-11-17(12-10-16)15-8-4-5-13-18-15/h1-3,6-7,15H,4-5,8-13H2. The molecule has 0 saturated carbocycles. The fourth-order valence-corrected chi connectivity index (χ4v) is 2.92. The third-order valence-electron chi connectivity index (χ3n) is 4.00. The molecule has 0 radical (unpaired) electrons. The van der Waals surface area contributed by atoms with Gasteiger partial charge in [-0.3, -0.25) is 4.90 Å². The zero-order chi connectivity index (χ0) is 12.2. The number of nitrogens with zero attached hydrogens (tertiary/aromatic N) is 2. The van der Waals surface area contributed by atoms with Crippen LogP contribution in [-0.4, -0.2) is 43.9 Å². The van der Waals surface area contributed by atoms with Gasteiger partial charge in [-0.25, -0.2) is 0 Å². The SMILES string of the molecule is c1ccc(N2CCN(C3CCCCO3)CC2)cc1. The molecular formula is C15H22N2O. The van der Waals surface area contributed by atoms with E-state index in [1.54, 1.807) is 0 Å². The predicted octanol–water partition coefficient (Wildman–Crippen LogP) is 2.34. The average molecular weight is 246 g/mol. The van der Waals surface area contributed by atoms with Gasteiger partial charge in [-0.2, -0.15) is 0 Å². The number of hydrogen-bond acceptors (Lipinski definition) is 3. The Hall–Kier alpha value is -1.06. The van der Waals surface area contributed by atoms with E-state index in [0.29, 0.717) is 6.23 Å². The van der Waals surface area contributed by atoms with E-state index < -0.39 is 0 Å². The van der Waals surface area contributed by atoms with Gasteiger partial charge in [-0.1, -0.05) is 18.2 Å². The topological polar surface area (TPSA) is 15.7 Å². The molecule has 1 aromatic rings. The van der Waals surface area contributed by atoms with Crippen LogP contribution in [0.25, 0.3) is 0 Å². The van der Waals surface area contributed by atoms with Gasteiger partial charge in [-0.15, -0.1) is 0 Å². The third kappa shape index (κ3) is 2.68. The normalized spacial score (nSPS) is 26.2. The second-order valence-electron chi connectivity index (χ2n) is 5.18. The van der Waals surface area contributed by atoms with Crippen molar-refractivity contribution in [1.29, 1.82) is 0 Å². The predicted molar refractivity (Wildman–Crippen MR) is 73.8 cm³/mol. The van der Waals surface area contributed by atoms with E-state index in [0.717, 1.165) is 32.8 Å². The molecule has 0 N–H and O–H groups in total. The Morgan fingerprint density at radius 1 is 0.944 bits per heavy atom. The zero-order valence-corrected chi connectivity index (χ0v) is 10.9. The molecule has 2 heterocycles. The summed E-state index contributed by atoms with van der Waals surface area (Å²) in [5.74, 6) is 0. The summed E-state index contributed by atoms with van der Waals surface area (Å²) in [6.07, 6.45) is 4.16. The molecule has 3 heteroatoms. The number of rotatable bonds is 2. The Balaban J connectivity index is 1.54. The van der Waals surface area contributed by atoms with E-state index in [1.807, 2.05) is 0 Å². The monoisotopic (exact) mass is 246 g/mol. The fraction of sp³-hybridized carbons (Fsp3) is 0.600. The number of benzene rings is 1. The minimum Gasteiger partial charge on any atom is -0.369 e. The number of hydrogen-bond donors (Lipinski definition) is 0. The molecule has 3 nitrogen and oxygen atoms in total. The Morgan fingerprint density at radius 3 is 2.39 bits per heavy atom. The first-order valence-corrected chi connectivity index (χ1v) is 7.09. The van der Waals surface area contributed by atoms with Crippen molar-refractivity contribution < 1.29 is 4.74 Å². The van der Waals surface area contributed by atoms with Crippen LogP contribution >= 0.6 is 0 Å². The second-order valence-corrected chi connectivity index (χ2v) is 5.18. The van der Waals surface area contributed by atoms with Crippen molar-refractivity contribution in [3.8, 4) is 0 Å². The van der Waals surface area contributed by atoms with Gasteiger partial charge < -0.3 is 9.64 Å². The molecule has 1 atom stereocenters. The smallest absolute Gasteiger partial charge is 0.110 e. The minimum atomic E-state index is 0.386. The number of para-hydroxylation sites is 1. The summed E-state index contributed by atoms with van der Waals surface area (Å²) in [5, 5.41) is 0. The van der Waals surface area contributed by atoms with Gasteiger partial charge in [-0.05, 0) is 31.4 Å². The van der Waals surface area contributed by atoms with E-state index in [4.69, 9.17) is 4.74 Å². The Morgan fingerprint density at radius 2 is 1.72 bits per heavy atom. The highest BCUT2D eigenvalue weighted by Gasteiger charge is 2.25. The molecule has 3 rings (SSSR count). The molecule has 18 heavy (non-hydrogen) atoms. The maximum Gasteiger partial charge on any atom is 0.110 e. The highest BCUT2D eigenvalue weighted by atomic mass is 16.5. The van der Waals surface area contributed by atoms with Crippen LogP contribution in [0.1, 0.15) is 19.3 Å². The van der Waals surface area contributed by atoms with Gasteiger partial charge in [0.1, 0.15) is 6.23 Å². The Bertz CT molecular complexity index is 354. The van der Waals surface area contributed by atoms with Gasteiger partial charge in [0.2, 0.25) is 0 Å². The highest BCUT2D eigenvalue weighted by Crippen LogP contribution is 2.20. The van der Waals surface area contributed by atoms with Crippen molar-refractivity contribution in [2.45, 2.75) is 25.5 Å². The van der Waals surface area contributed by atoms with Crippen LogP contribution in [-0.2, 0) is 4.74 Å². The molecule has 2 aliphatic heterocycles. The lowest BCUT2D eigenvalue weighted by molar-refractivity contribution is -0.0872. The molecule has 0 aromatic heterocycles. The van der Waals surface area contributed by atoms with Crippen LogP contribution in [0.5, 0.6) is 0 Å². The average Bonchev–Trinajstić information content (AvgIpc) is 2.49.